The van der Waals surface area contributed by atoms with Crippen LogP contribution in [0.25, 0.3) is 11.0 Å². The summed E-state index contributed by atoms with van der Waals surface area (Å²) in [4.78, 5) is 29.2. The van der Waals surface area contributed by atoms with Crippen LogP contribution in [-0.2, 0) is 0 Å². The van der Waals surface area contributed by atoms with Gasteiger partial charge in [-0.25, -0.2) is 14.4 Å². The lowest BCUT2D eigenvalue weighted by Gasteiger charge is -2.33. The van der Waals surface area contributed by atoms with Gasteiger partial charge in [-0.1, -0.05) is 6.07 Å². The van der Waals surface area contributed by atoms with Crippen molar-refractivity contribution in [3.8, 4) is 5.75 Å². The number of aromatic nitrogens is 3. The summed E-state index contributed by atoms with van der Waals surface area (Å²) < 4.78 is 19.1. The molecule has 0 bridgehead atoms. The lowest BCUT2D eigenvalue weighted by atomic mass is 10.0. The normalized spacial score (nSPS) is 19.0. The number of amides is 1. The minimum absolute atomic E-state index is 0. The van der Waals surface area contributed by atoms with E-state index in [2.05, 4.69) is 37.0 Å². The Bertz CT molecular complexity index is 1150. The van der Waals surface area contributed by atoms with E-state index >= 15 is 0 Å². The van der Waals surface area contributed by atoms with E-state index in [1.54, 1.807) is 18.5 Å². The number of hydrogen-bond donors (Lipinski definition) is 2. The number of piperidine rings is 1. The number of H-pyrrole nitrogens is 1. The van der Waals surface area contributed by atoms with E-state index in [-0.39, 0.29) is 24.4 Å². The number of likely N-dealkylation sites (tertiary alicyclic amines) is 1. The van der Waals surface area contributed by atoms with Gasteiger partial charge in [0.15, 0.2) is 0 Å². The van der Waals surface area contributed by atoms with Gasteiger partial charge >= 0.3 is 0 Å². The Morgan fingerprint density at radius 3 is 2.83 bits per heavy atom. The smallest absolute Gasteiger partial charge is 0.251 e. The standard InChI is InChI=1S/C25H31FN6O2.ClH/c1-17-14-27-23-22(17)24(29-16-28-23)32-9-6-20(7-10-32)30-25(33)18-3-2-4-21(13-18)34-12-11-31-8-5-19(26)15-31;/h2-4,13-14,16,19-20H,5-12,15H2,1H3,(H,30,33)(H,27,28,29);1H/t19-;/m1./s1. The molecule has 3 aromatic rings. The Labute approximate surface area is 210 Å². The first kappa shape index (κ1) is 25.2. The maximum atomic E-state index is 13.3. The first-order valence-corrected chi connectivity index (χ1v) is 12.0. The van der Waals surface area contributed by atoms with Gasteiger partial charge in [0.1, 0.15) is 36.3 Å². The van der Waals surface area contributed by atoms with Crippen molar-refractivity contribution >= 4 is 35.2 Å². The Morgan fingerprint density at radius 2 is 2.06 bits per heavy atom. The fourth-order valence-corrected chi connectivity index (χ4v) is 4.85. The summed E-state index contributed by atoms with van der Waals surface area (Å²) in [6.45, 7) is 6.13. The maximum Gasteiger partial charge on any atom is 0.251 e. The Morgan fingerprint density at radius 1 is 1.23 bits per heavy atom. The number of benzene rings is 1. The summed E-state index contributed by atoms with van der Waals surface area (Å²) in [5, 5.41) is 4.24. The zero-order chi connectivity index (χ0) is 23.5. The van der Waals surface area contributed by atoms with Gasteiger partial charge in [0.25, 0.3) is 5.91 Å². The first-order valence-electron chi connectivity index (χ1n) is 12.0. The molecule has 2 aliphatic heterocycles. The van der Waals surface area contributed by atoms with Crippen LogP contribution in [0.5, 0.6) is 5.75 Å². The maximum absolute atomic E-state index is 13.3. The number of ether oxygens (including phenoxy) is 1. The molecule has 2 N–H and O–H groups in total. The summed E-state index contributed by atoms with van der Waals surface area (Å²) in [5.41, 5.74) is 2.58. The van der Waals surface area contributed by atoms with Crippen LogP contribution < -0.4 is 15.0 Å². The van der Waals surface area contributed by atoms with Crippen LogP contribution in [0, 0.1) is 6.92 Å². The highest BCUT2D eigenvalue weighted by Crippen LogP contribution is 2.28. The van der Waals surface area contributed by atoms with Crippen molar-refractivity contribution in [1.82, 2.24) is 25.2 Å². The van der Waals surface area contributed by atoms with Gasteiger partial charge in [-0.2, -0.15) is 0 Å². The molecule has 2 fully saturated rings. The SMILES string of the molecule is Cc1c[nH]c2ncnc(N3CCC(NC(=O)c4cccc(OCCN5CC[C@@H](F)C5)c4)CC3)c12.Cl. The number of rotatable bonds is 7. The third-order valence-corrected chi connectivity index (χ3v) is 6.76. The molecule has 0 aliphatic carbocycles. The summed E-state index contributed by atoms with van der Waals surface area (Å²) in [6, 6.07) is 7.38. The molecule has 1 amide bonds. The van der Waals surface area contributed by atoms with Crippen molar-refractivity contribution in [2.75, 3.05) is 44.2 Å². The van der Waals surface area contributed by atoms with Crippen molar-refractivity contribution in [3.63, 3.8) is 0 Å². The largest absolute Gasteiger partial charge is 0.492 e. The highest BCUT2D eigenvalue weighted by molar-refractivity contribution is 5.95. The third kappa shape index (κ3) is 5.85. The predicted molar refractivity (Wildman–Crippen MR) is 136 cm³/mol. The number of nitrogens with zero attached hydrogens (tertiary/aromatic N) is 4. The van der Waals surface area contributed by atoms with Crippen LogP contribution in [0.15, 0.2) is 36.8 Å². The van der Waals surface area contributed by atoms with E-state index < -0.39 is 6.17 Å². The molecular formula is C25H32ClFN6O2. The second kappa shape index (κ2) is 11.2. The molecule has 35 heavy (non-hydrogen) atoms. The monoisotopic (exact) mass is 502 g/mol. The van der Waals surface area contributed by atoms with E-state index in [1.165, 1.54) is 0 Å². The van der Waals surface area contributed by atoms with Crippen molar-refractivity contribution < 1.29 is 13.9 Å². The summed E-state index contributed by atoms with van der Waals surface area (Å²) >= 11 is 0. The minimum atomic E-state index is -0.723. The van der Waals surface area contributed by atoms with E-state index in [0.29, 0.717) is 37.4 Å². The topological polar surface area (TPSA) is 86.4 Å². The van der Waals surface area contributed by atoms with Gasteiger partial charge in [0.2, 0.25) is 0 Å². The molecule has 1 aromatic carbocycles. The van der Waals surface area contributed by atoms with Gasteiger partial charge in [-0.3, -0.25) is 9.69 Å². The number of alkyl halides is 1. The molecule has 188 valence electrons. The summed E-state index contributed by atoms with van der Waals surface area (Å²) in [5.74, 6) is 1.53. The average Bonchev–Trinajstić information content (AvgIpc) is 3.45. The number of carbonyl (C=O) groups is 1. The lowest BCUT2D eigenvalue weighted by molar-refractivity contribution is 0.0930. The van der Waals surface area contributed by atoms with Crippen LogP contribution in [-0.4, -0.2) is 77.3 Å². The van der Waals surface area contributed by atoms with Crippen molar-refractivity contribution in [2.45, 2.75) is 38.4 Å². The fourth-order valence-electron chi connectivity index (χ4n) is 4.85. The number of aryl methyl sites for hydroxylation is 1. The molecule has 0 spiro atoms. The van der Waals surface area contributed by atoms with Gasteiger partial charge in [0, 0.05) is 50.5 Å². The van der Waals surface area contributed by atoms with Crippen molar-refractivity contribution in [1.29, 1.82) is 0 Å². The predicted octanol–water partition coefficient (Wildman–Crippen LogP) is 3.51. The molecule has 10 heteroatoms. The molecule has 0 radical (unpaired) electrons. The lowest BCUT2D eigenvalue weighted by Crippen LogP contribution is -2.45. The van der Waals surface area contributed by atoms with Crippen LogP contribution in [0.3, 0.4) is 0 Å². The van der Waals surface area contributed by atoms with Crippen LogP contribution in [0.4, 0.5) is 10.2 Å². The Kier molecular flexibility index (Phi) is 8.07. The zero-order valence-electron chi connectivity index (χ0n) is 19.9. The number of carbonyl (C=O) groups excluding carboxylic acids is 1. The van der Waals surface area contributed by atoms with Gasteiger partial charge in [-0.15, -0.1) is 12.4 Å². The molecule has 2 saturated heterocycles. The van der Waals surface area contributed by atoms with Gasteiger partial charge in [-0.05, 0) is 49.9 Å². The van der Waals surface area contributed by atoms with E-state index in [9.17, 15) is 9.18 Å². The number of halogens is 2. The highest BCUT2D eigenvalue weighted by Gasteiger charge is 2.24. The molecule has 2 aliphatic rings. The van der Waals surface area contributed by atoms with Crippen LogP contribution in [0.1, 0.15) is 35.2 Å². The number of nitrogens with one attached hydrogen (secondary N) is 2. The number of hydrogen-bond acceptors (Lipinski definition) is 6. The van der Waals surface area contributed by atoms with Crippen LogP contribution >= 0.6 is 12.4 Å². The van der Waals surface area contributed by atoms with Gasteiger partial charge in [0.05, 0.1) is 5.39 Å². The zero-order valence-corrected chi connectivity index (χ0v) is 20.7. The van der Waals surface area contributed by atoms with Crippen molar-refractivity contribution in [3.05, 3.63) is 47.9 Å². The fraction of sp³-hybridized carbons (Fsp3) is 0.480. The quantitative estimate of drug-likeness (QED) is 0.514. The highest BCUT2D eigenvalue weighted by atomic mass is 35.5. The first-order chi connectivity index (χ1) is 16.6. The molecule has 0 saturated carbocycles. The third-order valence-electron chi connectivity index (χ3n) is 6.76. The van der Waals surface area contributed by atoms with E-state index in [4.69, 9.17) is 4.74 Å². The average molecular weight is 503 g/mol. The molecule has 0 unspecified atom stereocenters. The molecular weight excluding hydrogens is 471 g/mol. The van der Waals surface area contributed by atoms with Crippen molar-refractivity contribution in [2.24, 2.45) is 0 Å². The number of anilines is 1. The second-order valence-corrected chi connectivity index (χ2v) is 9.19. The van der Waals surface area contributed by atoms with Gasteiger partial charge < -0.3 is 19.9 Å². The molecule has 5 rings (SSSR count). The molecule has 4 heterocycles. The molecule has 2 aromatic heterocycles. The number of aromatic amines is 1. The molecule has 8 nitrogen and oxygen atoms in total. The minimum Gasteiger partial charge on any atom is -0.492 e. The summed E-state index contributed by atoms with van der Waals surface area (Å²) in [6.07, 6.45) is 5.13. The number of fused-ring (bicyclic) bond motifs is 1. The Hall–Kier alpha value is -2.91. The van der Waals surface area contributed by atoms with E-state index in [1.807, 2.05) is 18.3 Å². The second-order valence-electron chi connectivity index (χ2n) is 9.19. The summed E-state index contributed by atoms with van der Waals surface area (Å²) in [7, 11) is 0. The Balaban J connectivity index is 0.00000289. The van der Waals surface area contributed by atoms with E-state index in [0.717, 1.165) is 54.9 Å². The molecule has 1 atom stereocenters. The van der Waals surface area contributed by atoms with Crippen LogP contribution in [0.2, 0.25) is 0 Å².